The Kier molecular flexibility index (Phi) is 6.22. The Morgan fingerprint density at radius 3 is 2.11 bits per heavy atom. The normalized spacial score (nSPS) is 13.4. The summed E-state index contributed by atoms with van der Waals surface area (Å²) in [4.78, 5) is 11.8. The number of anilines is 1. The van der Waals surface area contributed by atoms with Crippen LogP contribution in [0.1, 0.15) is 5.56 Å². The van der Waals surface area contributed by atoms with Crippen molar-refractivity contribution in [2.75, 3.05) is 5.32 Å². The van der Waals surface area contributed by atoms with Crippen LogP contribution in [-0.4, -0.2) is 29.5 Å². The molecule has 2 N–H and O–H groups in total. The summed E-state index contributed by atoms with van der Waals surface area (Å²) in [5.41, 5.74) is 0.771. The molecule has 4 nitrogen and oxygen atoms in total. The van der Waals surface area contributed by atoms with Gasteiger partial charge in [0.2, 0.25) is 5.91 Å². The Balaban J connectivity index is 1.97. The van der Waals surface area contributed by atoms with Crippen LogP contribution in [0.5, 0.6) is 11.5 Å². The number of nitrogens with one attached hydrogen (secondary N) is 1. The molecule has 150 valence electrons. The summed E-state index contributed by atoms with van der Waals surface area (Å²) in [5.74, 6) is -1.18. The zero-order valence-corrected chi connectivity index (χ0v) is 13.9. The fraction of sp³-hybridized carbons (Fsp3) is 0.167. The van der Waals surface area contributed by atoms with Gasteiger partial charge in [-0.05, 0) is 48.0 Å². The largest absolute Gasteiger partial charge is 0.508 e. The molecule has 0 aromatic heterocycles. The highest BCUT2D eigenvalue weighted by Crippen LogP contribution is 2.36. The highest BCUT2D eigenvalue weighted by Gasteiger charge is 2.59. The molecule has 1 atom stereocenters. The lowest BCUT2D eigenvalue weighted by Crippen LogP contribution is -2.45. The van der Waals surface area contributed by atoms with Crippen LogP contribution < -0.4 is 10.1 Å². The molecule has 1 amide bonds. The number of benzene rings is 2. The molecule has 0 aliphatic rings. The lowest BCUT2D eigenvalue weighted by atomic mass is 10.2. The van der Waals surface area contributed by atoms with E-state index < -0.39 is 30.1 Å². The second kappa shape index (κ2) is 8.24. The fourth-order valence-electron chi connectivity index (χ4n) is 1.95. The Bertz CT molecular complexity index is 832. The molecule has 10 heteroatoms. The molecule has 2 aromatic rings. The maximum atomic E-state index is 13.2. The first-order chi connectivity index (χ1) is 13.0. The third kappa shape index (κ3) is 5.93. The van der Waals surface area contributed by atoms with E-state index in [9.17, 15) is 31.1 Å². The van der Waals surface area contributed by atoms with Crippen molar-refractivity contribution in [1.82, 2.24) is 0 Å². The standard InChI is InChI=1S/C18H13F6NO3/c19-16(17(20,21)22)18(23,24)28-14-8-1-11(2-9-14)3-10-15(27)25-12-4-6-13(26)7-5-12/h1-10,16,26H,(H,25,27). The zero-order chi connectivity index (χ0) is 20.9. The molecule has 0 aliphatic heterocycles. The first kappa shape index (κ1) is 21.1. The number of alkyl halides is 6. The number of hydrogen-bond donors (Lipinski definition) is 2. The van der Waals surface area contributed by atoms with Gasteiger partial charge in [0.1, 0.15) is 11.5 Å². The molecular weight excluding hydrogens is 392 g/mol. The fourth-order valence-corrected chi connectivity index (χ4v) is 1.95. The Morgan fingerprint density at radius 1 is 1.00 bits per heavy atom. The van der Waals surface area contributed by atoms with E-state index in [4.69, 9.17) is 5.11 Å². The number of ether oxygens (including phenoxy) is 1. The number of aromatic hydroxyl groups is 1. The number of phenolic OH excluding ortho intramolecular Hbond substituents is 1. The lowest BCUT2D eigenvalue weighted by Gasteiger charge is -2.23. The van der Waals surface area contributed by atoms with Gasteiger partial charge in [0.15, 0.2) is 0 Å². The van der Waals surface area contributed by atoms with Crippen LogP contribution in [-0.2, 0) is 4.79 Å². The molecule has 28 heavy (non-hydrogen) atoms. The highest BCUT2D eigenvalue weighted by atomic mass is 19.4. The molecule has 1 unspecified atom stereocenters. The Labute approximate surface area is 155 Å². The van der Waals surface area contributed by atoms with Crippen molar-refractivity contribution in [3.05, 3.63) is 60.2 Å². The number of carbonyl (C=O) groups is 1. The van der Waals surface area contributed by atoms with Gasteiger partial charge < -0.3 is 15.2 Å². The van der Waals surface area contributed by atoms with Crippen LogP contribution in [0.4, 0.5) is 32.0 Å². The Morgan fingerprint density at radius 2 is 1.57 bits per heavy atom. The van der Waals surface area contributed by atoms with Crippen LogP contribution in [0.15, 0.2) is 54.6 Å². The van der Waals surface area contributed by atoms with E-state index in [0.29, 0.717) is 11.3 Å². The van der Waals surface area contributed by atoms with Gasteiger partial charge >= 0.3 is 12.3 Å². The first-order valence-electron chi connectivity index (χ1n) is 7.63. The average molecular weight is 405 g/mol. The molecule has 0 heterocycles. The number of amides is 1. The van der Waals surface area contributed by atoms with Crippen LogP contribution in [0, 0.1) is 0 Å². The minimum absolute atomic E-state index is 0.0238. The second-order valence-electron chi connectivity index (χ2n) is 5.51. The molecule has 0 radical (unpaired) electrons. The highest BCUT2D eigenvalue weighted by molar-refractivity contribution is 6.01. The lowest BCUT2D eigenvalue weighted by molar-refractivity contribution is -0.304. The SMILES string of the molecule is O=C(C=Cc1ccc(OC(F)(F)C(F)C(F)(F)F)cc1)Nc1ccc(O)cc1. The number of phenols is 1. The van der Waals surface area contributed by atoms with Crippen LogP contribution in [0.2, 0.25) is 0 Å². The van der Waals surface area contributed by atoms with Crippen LogP contribution in [0.3, 0.4) is 0 Å². The van der Waals surface area contributed by atoms with E-state index in [-0.39, 0.29) is 5.75 Å². The number of hydrogen-bond acceptors (Lipinski definition) is 3. The summed E-state index contributed by atoms with van der Waals surface area (Å²) in [6, 6.07) is 9.87. The molecule has 2 rings (SSSR count). The predicted octanol–water partition coefficient (Wildman–Crippen LogP) is 4.92. The molecule has 0 saturated carbocycles. The summed E-state index contributed by atoms with van der Waals surface area (Å²) < 4.78 is 79.2. The zero-order valence-electron chi connectivity index (χ0n) is 13.9. The van der Waals surface area contributed by atoms with Gasteiger partial charge in [0.25, 0.3) is 6.17 Å². The van der Waals surface area contributed by atoms with Crippen molar-refractivity contribution in [2.45, 2.75) is 18.5 Å². The van der Waals surface area contributed by atoms with E-state index in [1.54, 1.807) is 0 Å². The van der Waals surface area contributed by atoms with Crippen molar-refractivity contribution in [3.8, 4) is 11.5 Å². The van der Waals surface area contributed by atoms with Crippen molar-refractivity contribution in [1.29, 1.82) is 0 Å². The maximum absolute atomic E-state index is 13.2. The maximum Gasteiger partial charge on any atom is 0.439 e. The van der Waals surface area contributed by atoms with Gasteiger partial charge in [-0.3, -0.25) is 4.79 Å². The molecule has 0 aliphatic carbocycles. The Hall–Kier alpha value is -3.17. The molecule has 0 bridgehead atoms. The molecular formula is C18H13F6NO3. The summed E-state index contributed by atoms with van der Waals surface area (Å²) in [5, 5.41) is 11.6. The van der Waals surface area contributed by atoms with Gasteiger partial charge in [-0.2, -0.15) is 22.0 Å². The van der Waals surface area contributed by atoms with E-state index >= 15 is 0 Å². The van der Waals surface area contributed by atoms with Crippen molar-refractivity contribution in [2.24, 2.45) is 0 Å². The molecule has 0 saturated heterocycles. The third-order valence-corrected chi connectivity index (χ3v) is 3.28. The monoisotopic (exact) mass is 405 g/mol. The number of carbonyl (C=O) groups excluding carboxylic acids is 1. The van der Waals surface area contributed by atoms with Gasteiger partial charge in [0.05, 0.1) is 0 Å². The molecule has 2 aromatic carbocycles. The van der Waals surface area contributed by atoms with Crippen molar-refractivity contribution in [3.63, 3.8) is 0 Å². The first-order valence-corrected chi connectivity index (χ1v) is 7.63. The van der Waals surface area contributed by atoms with E-state index in [1.165, 1.54) is 42.5 Å². The van der Waals surface area contributed by atoms with Crippen molar-refractivity contribution < 1.29 is 41.0 Å². The minimum atomic E-state index is -5.77. The summed E-state index contributed by atoms with van der Waals surface area (Å²) in [6.07, 6.45) is -12.9. The molecule has 0 fully saturated rings. The quantitative estimate of drug-likeness (QED) is 0.408. The second-order valence-corrected chi connectivity index (χ2v) is 5.51. The predicted molar refractivity (Wildman–Crippen MR) is 88.7 cm³/mol. The van der Waals surface area contributed by atoms with E-state index in [0.717, 1.165) is 18.2 Å². The van der Waals surface area contributed by atoms with Gasteiger partial charge in [-0.25, -0.2) is 4.39 Å². The molecule has 0 spiro atoms. The van der Waals surface area contributed by atoms with E-state index in [1.807, 2.05) is 0 Å². The smallest absolute Gasteiger partial charge is 0.439 e. The third-order valence-electron chi connectivity index (χ3n) is 3.28. The number of halogens is 6. The van der Waals surface area contributed by atoms with Crippen molar-refractivity contribution >= 4 is 17.7 Å². The van der Waals surface area contributed by atoms with Crippen LogP contribution >= 0.6 is 0 Å². The number of rotatable bonds is 6. The topological polar surface area (TPSA) is 58.6 Å². The van der Waals surface area contributed by atoms with E-state index in [2.05, 4.69) is 10.1 Å². The summed E-state index contributed by atoms with van der Waals surface area (Å²) in [7, 11) is 0. The summed E-state index contributed by atoms with van der Waals surface area (Å²) in [6.45, 7) is 0. The average Bonchev–Trinajstić information content (AvgIpc) is 2.61. The van der Waals surface area contributed by atoms with Gasteiger partial charge in [-0.15, -0.1) is 0 Å². The van der Waals surface area contributed by atoms with Gasteiger partial charge in [0, 0.05) is 11.8 Å². The minimum Gasteiger partial charge on any atom is -0.508 e. The van der Waals surface area contributed by atoms with Crippen LogP contribution in [0.25, 0.3) is 6.08 Å². The summed E-state index contributed by atoms with van der Waals surface area (Å²) >= 11 is 0. The van der Waals surface area contributed by atoms with Gasteiger partial charge in [-0.1, -0.05) is 12.1 Å².